The maximum Gasteiger partial charge on any atom is 0.347 e. The lowest BCUT2D eigenvalue weighted by molar-refractivity contribution is -0.150. The second kappa shape index (κ2) is 8.03. The Kier molecular flexibility index (Phi) is 5.54. The van der Waals surface area contributed by atoms with Gasteiger partial charge in [0.2, 0.25) is 0 Å². The minimum atomic E-state index is -0.670. The van der Waals surface area contributed by atoms with Crippen molar-refractivity contribution in [2.45, 2.75) is 20.0 Å². The van der Waals surface area contributed by atoms with E-state index in [0.29, 0.717) is 12.4 Å². The number of carbonyl (C=O) groups is 1. The van der Waals surface area contributed by atoms with Gasteiger partial charge < -0.3 is 14.4 Å². The predicted octanol–water partition coefficient (Wildman–Crippen LogP) is 4.47. The van der Waals surface area contributed by atoms with Crippen molar-refractivity contribution in [1.82, 2.24) is 4.98 Å². The van der Waals surface area contributed by atoms with Crippen LogP contribution in [-0.2, 0) is 9.53 Å². The topological polar surface area (TPSA) is 51.7 Å². The van der Waals surface area contributed by atoms with Crippen molar-refractivity contribution < 1.29 is 18.7 Å². The van der Waals surface area contributed by atoms with Crippen LogP contribution in [0.15, 0.2) is 54.7 Å². The number of fused-ring (bicyclic) bond motifs is 1. The summed E-state index contributed by atoms with van der Waals surface area (Å²) in [6, 6.07) is 13.9. The molecule has 1 unspecified atom stereocenters. The summed E-state index contributed by atoms with van der Waals surface area (Å²) in [5.74, 6) is 0.644. The molecular formula is C21H21FN2O3. The van der Waals surface area contributed by atoms with Crippen LogP contribution in [0, 0.1) is 5.82 Å². The highest BCUT2D eigenvalue weighted by molar-refractivity contribution is 5.84. The Hall–Kier alpha value is -3.15. The van der Waals surface area contributed by atoms with E-state index < -0.39 is 12.1 Å². The average Bonchev–Trinajstić information content (AvgIpc) is 2.67. The highest BCUT2D eigenvalue weighted by atomic mass is 19.1. The molecule has 140 valence electrons. The zero-order chi connectivity index (χ0) is 19.4. The van der Waals surface area contributed by atoms with Gasteiger partial charge in [0.1, 0.15) is 17.4 Å². The van der Waals surface area contributed by atoms with Gasteiger partial charge in [0, 0.05) is 24.3 Å². The predicted molar refractivity (Wildman–Crippen MR) is 103 cm³/mol. The Bertz CT molecular complexity index is 944. The van der Waals surface area contributed by atoms with Gasteiger partial charge in [0.05, 0.1) is 6.61 Å². The molecule has 0 amide bonds. The van der Waals surface area contributed by atoms with Crippen LogP contribution in [0.25, 0.3) is 10.8 Å². The largest absolute Gasteiger partial charge is 0.479 e. The highest BCUT2D eigenvalue weighted by Crippen LogP contribution is 2.27. The standard InChI is InChI=1S/C21H21FN2O3/c1-4-26-21(25)14(2)27-19-9-7-18(8-10-19)24(3)20-12-15-5-6-17(22)11-16(15)13-23-20/h5-14H,4H2,1-3H3. The first-order chi connectivity index (χ1) is 13.0. The van der Waals surface area contributed by atoms with E-state index in [1.165, 1.54) is 12.1 Å². The fourth-order valence-electron chi connectivity index (χ4n) is 2.68. The molecular weight excluding hydrogens is 347 g/mol. The van der Waals surface area contributed by atoms with E-state index in [4.69, 9.17) is 9.47 Å². The van der Waals surface area contributed by atoms with E-state index in [-0.39, 0.29) is 5.82 Å². The van der Waals surface area contributed by atoms with Crippen LogP contribution in [-0.4, -0.2) is 30.7 Å². The number of anilines is 2. The maximum atomic E-state index is 13.3. The van der Waals surface area contributed by atoms with E-state index >= 15 is 0 Å². The van der Waals surface area contributed by atoms with Crippen molar-refractivity contribution in [2.75, 3.05) is 18.6 Å². The lowest BCUT2D eigenvalue weighted by Crippen LogP contribution is -2.26. The first-order valence-corrected chi connectivity index (χ1v) is 8.70. The monoisotopic (exact) mass is 368 g/mol. The van der Waals surface area contributed by atoms with Crippen molar-refractivity contribution in [2.24, 2.45) is 0 Å². The summed E-state index contributed by atoms with van der Waals surface area (Å²) in [5, 5.41) is 1.67. The Morgan fingerprint density at radius 3 is 2.59 bits per heavy atom. The van der Waals surface area contributed by atoms with Crippen LogP contribution in [0.2, 0.25) is 0 Å². The molecule has 0 aliphatic heterocycles. The van der Waals surface area contributed by atoms with Crippen molar-refractivity contribution in [3.8, 4) is 5.75 Å². The molecule has 1 heterocycles. The molecule has 5 nitrogen and oxygen atoms in total. The Labute approximate surface area is 157 Å². The van der Waals surface area contributed by atoms with E-state index in [9.17, 15) is 9.18 Å². The molecule has 3 aromatic rings. The van der Waals surface area contributed by atoms with Crippen molar-refractivity contribution in [3.63, 3.8) is 0 Å². The lowest BCUT2D eigenvalue weighted by Gasteiger charge is -2.19. The number of benzene rings is 2. The van der Waals surface area contributed by atoms with E-state index in [2.05, 4.69) is 4.98 Å². The SMILES string of the molecule is CCOC(=O)C(C)Oc1ccc(N(C)c2cc3ccc(F)cc3cn2)cc1. The highest BCUT2D eigenvalue weighted by Gasteiger charge is 2.16. The Balaban J connectivity index is 1.74. The smallest absolute Gasteiger partial charge is 0.347 e. The maximum absolute atomic E-state index is 13.3. The summed E-state index contributed by atoms with van der Waals surface area (Å²) in [4.78, 5) is 18.0. The molecule has 27 heavy (non-hydrogen) atoms. The van der Waals surface area contributed by atoms with Crippen LogP contribution < -0.4 is 9.64 Å². The van der Waals surface area contributed by atoms with Gasteiger partial charge in [-0.3, -0.25) is 0 Å². The van der Waals surface area contributed by atoms with Gasteiger partial charge in [-0.1, -0.05) is 6.07 Å². The van der Waals surface area contributed by atoms with Crippen LogP contribution >= 0.6 is 0 Å². The number of nitrogens with zero attached hydrogens (tertiary/aromatic N) is 2. The summed E-state index contributed by atoms with van der Waals surface area (Å²) in [5.41, 5.74) is 0.903. The third-order valence-corrected chi connectivity index (χ3v) is 4.17. The fraction of sp³-hybridized carbons (Fsp3) is 0.238. The summed E-state index contributed by atoms with van der Waals surface area (Å²) in [7, 11) is 1.90. The third kappa shape index (κ3) is 4.34. The number of aromatic nitrogens is 1. The molecule has 1 aromatic heterocycles. The molecule has 0 aliphatic rings. The lowest BCUT2D eigenvalue weighted by atomic mass is 10.1. The molecule has 2 aromatic carbocycles. The van der Waals surface area contributed by atoms with Gasteiger partial charge in [-0.2, -0.15) is 0 Å². The molecule has 0 N–H and O–H groups in total. The molecule has 3 rings (SSSR count). The third-order valence-electron chi connectivity index (χ3n) is 4.17. The fourth-order valence-corrected chi connectivity index (χ4v) is 2.68. The number of ether oxygens (including phenoxy) is 2. The average molecular weight is 368 g/mol. The van der Waals surface area contributed by atoms with Crippen molar-refractivity contribution in [3.05, 3.63) is 60.5 Å². The number of pyridine rings is 1. The van der Waals surface area contributed by atoms with Gasteiger partial charge in [-0.15, -0.1) is 0 Å². The zero-order valence-corrected chi connectivity index (χ0v) is 15.5. The number of rotatable bonds is 6. The van der Waals surface area contributed by atoms with Gasteiger partial charge in [0.25, 0.3) is 0 Å². The summed E-state index contributed by atoms with van der Waals surface area (Å²) < 4.78 is 23.8. The Morgan fingerprint density at radius 2 is 1.89 bits per heavy atom. The molecule has 0 bridgehead atoms. The molecule has 0 fully saturated rings. The van der Waals surface area contributed by atoms with Gasteiger partial charge in [0.15, 0.2) is 6.10 Å². The van der Waals surface area contributed by atoms with E-state index in [1.807, 2.05) is 30.1 Å². The summed E-state index contributed by atoms with van der Waals surface area (Å²) in [6.07, 6.45) is 0.985. The minimum Gasteiger partial charge on any atom is -0.479 e. The van der Waals surface area contributed by atoms with Crippen LogP contribution in [0.1, 0.15) is 13.8 Å². The van der Waals surface area contributed by atoms with Crippen LogP contribution in [0.4, 0.5) is 15.9 Å². The zero-order valence-electron chi connectivity index (χ0n) is 15.5. The summed E-state index contributed by atoms with van der Waals surface area (Å²) in [6.45, 7) is 3.73. The molecule has 0 radical (unpaired) electrons. The molecule has 0 saturated heterocycles. The normalized spacial score (nSPS) is 11.9. The second-order valence-corrected chi connectivity index (χ2v) is 6.10. The first-order valence-electron chi connectivity index (χ1n) is 8.70. The molecule has 0 spiro atoms. The quantitative estimate of drug-likeness (QED) is 0.601. The first kappa shape index (κ1) is 18.6. The Morgan fingerprint density at radius 1 is 1.15 bits per heavy atom. The number of carbonyl (C=O) groups excluding carboxylic acids is 1. The number of halogens is 1. The summed E-state index contributed by atoms with van der Waals surface area (Å²) >= 11 is 0. The number of hydrogen-bond acceptors (Lipinski definition) is 5. The molecule has 1 atom stereocenters. The van der Waals surface area contributed by atoms with Gasteiger partial charge in [-0.25, -0.2) is 14.2 Å². The van der Waals surface area contributed by atoms with Gasteiger partial charge in [-0.05, 0) is 61.7 Å². The molecule has 6 heteroatoms. The van der Waals surface area contributed by atoms with E-state index in [0.717, 1.165) is 22.3 Å². The molecule has 0 aliphatic carbocycles. The number of hydrogen-bond donors (Lipinski definition) is 0. The number of esters is 1. The molecule has 0 saturated carbocycles. The second-order valence-electron chi connectivity index (χ2n) is 6.10. The van der Waals surface area contributed by atoms with Crippen molar-refractivity contribution >= 4 is 28.2 Å². The van der Waals surface area contributed by atoms with E-state index in [1.54, 1.807) is 38.2 Å². The van der Waals surface area contributed by atoms with Crippen LogP contribution in [0.3, 0.4) is 0 Å². The van der Waals surface area contributed by atoms with Crippen LogP contribution in [0.5, 0.6) is 5.75 Å². The van der Waals surface area contributed by atoms with Gasteiger partial charge >= 0.3 is 5.97 Å². The van der Waals surface area contributed by atoms with Crippen molar-refractivity contribution in [1.29, 1.82) is 0 Å². The minimum absolute atomic E-state index is 0.280.